The summed E-state index contributed by atoms with van der Waals surface area (Å²) >= 11 is 0. The van der Waals surface area contributed by atoms with E-state index in [2.05, 4.69) is 40.3 Å². The summed E-state index contributed by atoms with van der Waals surface area (Å²) in [6.07, 6.45) is 11.2. The van der Waals surface area contributed by atoms with Crippen LogP contribution in [0.4, 0.5) is 0 Å². The molecule has 0 aliphatic heterocycles. The van der Waals surface area contributed by atoms with Gasteiger partial charge in [-0.3, -0.25) is 0 Å². The van der Waals surface area contributed by atoms with E-state index in [4.69, 9.17) is 0 Å². The zero-order valence-corrected chi connectivity index (χ0v) is 15.7. The van der Waals surface area contributed by atoms with E-state index in [0.717, 1.165) is 19.6 Å². The van der Waals surface area contributed by atoms with Gasteiger partial charge in [0.05, 0.1) is 0 Å². The van der Waals surface area contributed by atoms with Crippen LogP contribution in [0, 0.1) is 5.92 Å². The summed E-state index contributed by atoms with van der Waals surface area (Å²) < 4.78 is 0. The number of rotatable bonds is 6. The topological polar surface area (TPSA) is 42.3 Å². The first-order chi connectivity index (χ1) is 8.76. The Kier molecular flexibility index (Phi) is 29.8. The molecule has 0 aromatic carbocycles. The summed E-state index contributed by atoms with van der Waals surface area (Å²) in [6, 6.07) is 0. The maximum absolute atomic E-state index is 4.05. The molecule has 1 aliphatic carbocycles. The van der Waals surface area contributed by atoms with Gasteiger partial charge in [-0.05, 0) is 12.3 Å². The van der Waals surface area contributed by atoms with Crippen molar-refractivity contribution < 1.29 is 26.2 Å². The first-order valence-corrected chi connectivity index (χ1v) is 6.78. The summed E-state index contributed by atoms with van der Waals surface area (Å²) in [5.41, 5.74) is 0. The summed E-state index contributed by atoms with van der Waals surface area (Å²) in [6.45, 7) is 6.93. The molecule has 0 aromatic heterocycles. The van der Waals surface area contributed by atoms with E-state index < -0.39 is 0 Å². The molecular formula is C15H30N3Zr. The molecule has 1 aliphatic rings. The molecule has 3 nitrogen and oxygen atoms in total. The van der Waals surface area contributed by atoms with Crippen LogP contribution in [0.2, 0.25) is 0 Å². The molecule has 0 bridgehead atoms. The molecule has 109 valence electrons. The van der Waals surface area contributed by atoms with Gasteiger partial charge in [0.15, 0.2) is 0 Å². The average molecular weight is 344 g/mol. The smallest absolute Gasteiger partial charge is 0.665 e. The van der Waals surface area contributed by atoms with Crippen molar-refractivity contribution in [3.63, 3.8) is 0 Å². The van der Waals surface area contributed by atoms with Gasteiger partial charge in [-0.25, -0.2) is 0 Å². The Bertz CT molecular complexity index is 174. The van der Waals surface area contributed by atoms with Gasteiger partial charge in [0.25, 0.3) is 0 Å². The Hall–Kier alpha value is 0.243. The fourth-order valence-electron chi connectivity index (χ4n) is 1.16. The molecule has 1 radical (unpaired) electrons. The van der Waals surface area contributed by atoms with E-state index in [1.807, 2.05) is 20.9 Å². The van der Waals surface area contributed by atoms with Crippen LogP contribution in [0.5, 0.6) is 0 Å². The zero-order chi connectivity index (χ0) is 14.1. The van der Waals surface area contributed by atoms with Crippen LogP contribution in [0.15, 0.2) is 24.3 Å². The Morgan fingerprint density at radius 2 is 1.26 bits per heavy atom. The van der Waals surface area contributed by atoms with Gasteiger partial charge >= 0.3 is 26.2 Å². The van der Waals surface area contributed by atoms with Crippen molar-refractivity contribution in [2.45, 2.75) is 26.7 Å². The fourth-order valence-corrected chi connectivity index (χ4v) is 1.16. The first kappa shape index (κ1) is 24.3. The summed E-state index contributed by atoms with van der Waals surface area (Å²) in [5.74, 6) is 0.696. The summed E-state index contributed by atoms with van der Waals surface area (Å²) in [7, 11) is 5.49. The zero-order valence-electron chi connectivity index (χ0n) is 13.3. The van der Waals surface area contributed by atoms with Crippen LogP contribution in [-0.2, 0) is 26.2 Å². The number of hydrogen-bond donors (Lipinski definition) is 0. The van der Waals surface area contributed by atoms with Gasteiger partial charge in [-0.1, -0.05) is 44.6 Å². The van der Waals surface area contributed by atoms with E-state index in [1.165, 1.54) is 12.8 Å². The third kappa shape index (κ3) is 23.7. The largest absolute Gasteiger partial charge is 3.00 e. The van der Waals surface area contributed by atoms with Crippen LogP contribution in [0.1, 0.15) is 26.7 Å². The maximum atomic E-state index is 4.05. The molecule has 1 rings (SSSR count). The second kappa shape index (κ2) is 23.3. The number of nitrogens with zero attached hydrogens (tertiary/aromatic N) is 3. The Morgan fingerprint density at radius 3 is 1.58 bits per heavy atom. The van der Waals surface area contributed by atoms with Crippen LogP contribution < -0.4 is 0 Å². The molecule has 0 unspecified atom stereocenters. The second-order valence-electron chi connectivity index (χ2n) is 3.88. The van der Waals surface area contributed by atoms with Crippen molar-refractivity contribution in [2.75, 3.05) is 40.8 Å². The van der Waals surface area contributed by atoms with Gasteiger partial charge in [0.1, 0.15) is 0 Å². The predicted octanol–water partition coefficient (Wildman–Crippen LogP) is 4.53. The van der Waals surface area contributed by atoms with E-state index in [-0.39, 0.29) is 26.2 Å². The van der Waals surface area contributed by atoms with Crippen molar-refractivity contribution in [3.8, 4) is 0 Å². The Balaban J connectivity index is -0.000000242. The molecule has 19 heavy (non-hydrogen) atoms. The van der Waals surface area contributed by atoms with E-state index in [1.54, 1.807) is 14.1 Å². The predicted molar refractivity (Wildman–Crippen MR) is 84.8 cm³/mol. The van der Waals surface area contributed by atoms with Gasteiger partial charge in [0, 0.05) is 0 Å². The van der Waals surface area contributed by atoms with Crippen LogP contribution in [-0.4, -0.2) is 40.8 Å². The number of hydrogen-bond acceptors (Lipinski definition) is 0. The van der Waals surface area contributed by atoms with Crippen LogP contribution in [0.3, 0.4) is 0 Å². The molecule has 0 spiro atoms. The van der Waals surface area contributed by atoms with Crippen LogP contribution >= 0.6 is 0 Å². The van der Waals surface area contributed by atoms with Gasteiger partial charge in [-0.2, -0.15) is 34.2 Å². The second-order valence-corrected chi connectivity index (χ2v) is 3.88. The minimum Gasteiger partial charge on any atom is -0.665 e. The molecule has 0 saturated heterocycles. The minimum atomic E-state index is 0. The normalized spacial score (nSPS) is 12.1. The third-order valence-corrected chi connectivity index (χ3v) is 2.38. The Labute approximate surface area is 139 Å². The first-order valence-electron chi connectivity index (χ1n) is 6.78. The van der Waals surface area contributed by atoms with Crippen molar-refractivity contribution >= 4 is 0 Å². The maximum Gasteiger partial charge on any atom is 3.00 e. The molecule has 0 saturated carbocycles. The molecule has 0 heterocycles. The van der Waals surface area contributed by atoms with Gasteiger partial charge < -0.3 is 16.0 Å². The number of allylic oxidation sites excluding steroid dienone is 4. The SMILES string of the molecule is CC[N-]C.CC[N-]C.C[N-]CCCC1C=CC=C1.[Zr+3]. The van der Waals surface area contributed by atoms with E-state index in [9.17, 15) is 0 Å². The third-order valence-electron chi connectivity index (χ3n) is 2.38. The van der Waals surface area contributed by atoms with Crippen molar-refractivity contribution in [2.24, 2.45) is 5.92 Å². The van der Waals surface area contributed by atoms with E-state index in [0.29, 0.717) is 5.92 Å². The molecule has 0 atom stereocenters. The van der Waals surface area contributed by atoms with Crippen LogP contribution in [0.25, 0.3) is 16.0 Å². The van der Waals surface area contributed by atoms with Gasteiger partial charge in [-0.15, -0.1) is 6.54 Å². The standard InChI is InChI=1S/C9H14N.2C3H8N.Zr/c1-10-8-4-7-9-5-2-3-6-9;2*1-3-4-2;/h2-3,5-6,9H,4,7-8H2,1H3;2*3H2,1-2H3;/q3*-1;+3. The van der Waals surface area contributed by atoms with E-state index >= 15 is 0 Å². The average Bonchev–Trinajstić information content (AvgIpc) is 2.93. The summed E-state index contributed by atoms with van der Waals surface area (Å²) in [5, 5.41) is 11.5. The molecule has 0 N–H and O–H groups in total. The molecule has 4 heteroatoms. The van der Waals surface area contributed by atoms with Crippen molar-refractivity contribution in [1.82, 2.24) is 0 Å². The summed E-state index contributed by atoms with van der Waals surface area (Å²) in [4.78, 5) is 0. The minimum absolute atomic E-state index is 0. The molecule has 0 fully saturated rings. The van der Waals surface area contributed by atoms with Crippen molar-refractivity contribution in [1.29, 1.82) is 0 Å². The monoisotopic (exact) mass is 342 g/mol. The molecule has 0 amide bonds. The Morgan fingerprint density at radius 1 is 0.842 bits per heavy atom. The molecular weight excluding hydrogens is 313 g/mol. The van der Waals surface area contributed by atoms with Gasteiger partial charge in [0.2, 0.25) is 0 Å². The molecule has 0 aromatic rings. The quantitative estimate of drug-likeness (QED) is 0.636. The fraction of sp³-hybridized carbons (Fsp3) is 0.733. The van der Waals surface area contributed by atoms with Crippen molar-refractivity contribution in [3.05, 3.63) is 40.3 Å².